The standard InChI is InChI=1S/C50H65NO7/c1-2-3-4-5-6-7-8-9-10-11-12-13-14-15-16-26-35-55-45-33-34-47(56-39-42-27-20-17-21-28-42)46(36-45)50(54)51(37-48(52)57-40-43-29-22-18-23-30-43)38-49(53)58-41-44-31-24-19-25-32-44/h17-25,27-34,36H,2-16,26,35,37-41H2,1H3. The van der Waals surface area contributed by atoms with Crippen molar-refractivity contribution in [3.63, 3.8) is 0 Å². The van der Waals surface area contributed by atoms with Crippen LogP contribution >= 0.6 is 0 Å². The Morgan fingerprint density at radius 2 is 0.879 bits per heavy atom. The van der Waals surface area contributed by atoms with Crippen LogP contribution in [0.2, 0.25) is 0 Å². The van der Waals surface area contributed by atoms with E-state index in [0.29, 0.717) is 18.1 Å². The van der Waals surface area contributed by atoms with Crippen LogP contribution in [0.1, 0.15) is 137 Å². The van der Waals surface area contributed by atoms with Crippen LogP contribution in [0.15, 0.2) is 109 Å². The van der Waals surface area contributed by atoms with E-state index in [1.54, 1.807) is 18.2 Å². The number of ether oxygens (including phenoxy) is 4. The molecule has 0 aliphatic rings. The van der Waals surface area contributed by atoms with Crippen molar-refractivity contribution in [1.82, 2.24) is 4.90 Å². The third-order valence-corrected chi connectivity index (χ3v) is 10.1. The number of carbonyl (C=O) groups is 3. The molecule has 0 spiro atoms. The molecule has 0 saturated heterocycles. The summed E-state index contributed by atoms with van der Waals surface area (Å²) in [5.74, 6) is -1.07. The molecule has 4 aromatic carbocycles. The predicted molar refractivity (Wildman–Crippen MR) is 231 cm³/mol. The number of carbonyl (C=O) groups excluding carboxylic acids is 3. The molecule has 0 radical (unpaired) electrons. The van der Waals surface area contributed by atoms with Crippen LogP contribution in [0.4, 0.5) is 0 Å². The van der Waals surface area contributed by atoms with Gasteiger partial charge in [0.05, 0.1) is 12.2 Å². The van der Waals surface area contributed by atoms with Crippen molar-refractivity contribution in [2.75, 3.05) is 19.7 Å². The smallest absolute Gasteiger partial charge is 0.326 e. The van der Waals surface area contributed by atoms with Gasteiger partial charge in [-0.15, -0.1) is 0 Å². The summed E-state index contributed by atoms with van der Waals surface area (Å²) in [6.45, 7) is 2.15. The van der Waals surface area contributed by atoms with Crippen LogP contribution in [0.25, 0.3) is 0 Å². The molecule has 0 N–H and O–H groups in total. The molecule has 0 aromatic heterocycles. The lowest BCUT2D eigenvalue weighted by molar-refractivity contribution is -0.149. The van der Waals surface area contributed by atoms with Gasteiger partial charge in [0.1, 0.15) is 44.4 Å². The fourth-order valence-electron chi connectivity index (χ4n) is 6.72. The molecule has 0 saturated carbocycles. The number of rotatable bonds is 30. The van der Waals surface area contributed by atoms with Crippen LogP contribution < -0.4 is 9.47 Å². The monoisotopic (exact) mass is 791 g/mol. The van der Waals surface area contributed by atoms with Gasteiger partial charge in [-0.05, 0) is 41.3 Å². The highest BCUT2D eigenvalue weighted by Gasteiger charge is 2.26. The molecular weight excluding hydrogens is 727 g/mol. The average molecular weight is 792 g/mol. The Balaban J connectivity index is 1.31. The summed E-state index contributed by atoms with van der Waals surface area (Å²) in [5, 5.41) is 0. The van der Waals surface area contributed by atoms with Gasteiger partial charge in [0.2, 0.25) is 0 Å². The third kappa shape index (κ3) is 18.9. The molecule has 0 aliphatic carbocycles. The molecule has 0 bridgehead atoms. The second-order valence-electron chi connectivity index (χ2n) is 15.0. The second-order valence-corrected chi connectivity index (χ2v) is 15.0. The Kier molecular flexibility index (Phi) is 22.3. The van der Waals surface area contributed by atoms with Gasteiger partial charge in [-0.3, -0.25) is 14.4 Å². The SMILES string of the molecule is CCCCCCCCCCCCCCCCCCOc1ccc(OCc2ccccc2)c(C(=O)N(CC(=O)OCc2ccccc2)CC(=O)OCc2ccccc2)c1. The molecule has 58 heavy (non-hydrogen) atoms. The summed E-state index contributed by atoms with van der Waals surface area (Å²) in [4.78, 5) is 41.8. The first-order valence-corrected chi connectivity index (χ1v) is 21.6. The molecule has 0 unspecified atom stereocenters. The zero-order chi connectivity index (χ0) is 40.9. The third-order valence-electron chi connectivity index (χ3n) is 10.1. The minimum Gasteiger partial charge on any atom is -0.494 e. The Morgan fingerprint density at radius 3 is 1.33 bits per heavy atom. The van der Waals surface area contributed by atoms with Gasteiger partial charge < -0.3 is 23.8 Å². The van der Waals surface area contributed by atoms with Gasteiger partial charge in [-0.2, -0.15) is 0 Å². The van der Waals surface area contributed by atoms with Crippen LogP contribution in [0.3, 0.4) is 0 Å². The van der Waals surface area contributed by atoms with Crippen LogP contribution in [0.5, 0.6) is 11.5 Å². The van der Waals surface area contributed by atoms with Gasteiger partial charge in [0.25, 0.3) is 5.91 Å². The van der Waals surface area contributed by atoms with Crippen LogP contribution in [-0.4, -0.2) is 42.4 Å². The van der Waals surface area contributed by atoms with E-state index in [0.717, 1.165) is 34.4 Å². The van der Waals surface area contributed by atoms with Crippen molar-refractivity contribution in [1.29, 1.82) is 0 Å². The highest BCUT2D eigenvalue weighted by atomic mass is 16.5. The summed E-state index contributed by atoms with van der Waals surface area (Å²) in [5.41, 5.74) is 2.71. The summed E-state index contributed by atoms with van der Waals surface area (Å²) < 4.78 is 23.3. The zero-order valence-electron chi connectivity index (χ0n) is 34.8. The highest BCUT2D eigenvalue weighted by molar-refractivity contribution is 6.00. The molecule has 4 rings (SSSR count). The predicted octanol–water partition coefficient (Wildman–Crippen LogP) is 11.8. The number of hydrogen-bond acceptors (Lipinski definition) is 7. The van der Waals surface area contributed by atoms with Crippen LogP contribution in [-0.2, 0) is 38.9 Å². The maximum Gasteiger partial charge on any atom is 0.326 e. The van der Waals surface area contributed by atoms with E-state index < -0.39 is 30.9 Å². The molecule has 8 nitrogen and oxygen atoms in total. The van der Waals surface area contributed by atoms with Crippen molar-refractivity contribution < 1.29 is 33.3 Å². The lowest BCUT2D eigenvalue weighted by Crippen LogP contribution is -2.40. The first kappa shape index (κ1) is 45.6. The molecule has 0 heterocycles. The first-order valence-electron chi connectivity index (χ1n) is 21.6. The van der Waals surface area contributed by atoms with E-state index in [1.807, 2.05) is 91.0 Å². The number of unbranched alkanes of at least 4 members (excludes halogenated alkanes) is 15. The normalized spacial score (nSPS) is 10.8. The van der Waals surface area contributed by atoms with E-state index >= 15 is 0 Å². The lowest BCUT2D eigenvalue weighted by atomic mass is 10.0. The molecular formula is C50H65NO7. The number of hydrogen-bond donors (Lipinski definition) is 0. The lowest BCUT2D eigenvalue weighted by Gasteiger charge is -2.23. The Hall–Kier alpha value is -5.11. The average Bonchev–Trinajstić information content (AvgIpc) is 3.26. The van der Waals surface area contributed by atoms with Crippen molar-refractivity contribution >= 4 is 17.8 Å². The molecule has 1 amide bonds. The highest BCUT2D eigenvalue weighted by Crippen LogP contribution is 2.27. The van der Waals surface area contributed by atoms with Crippen molar-refractivity contribution in [3.05, 3.63) is 131 Å². The van der Waals surface area contributed by atoms with Gasteiger partial charge in [-0.1, -0.05) is 194 Å². The maximum absolute atomic E-state index is 14.4. The number of benzene rings is 4. The Morgan fingerprint density at radius 1 is 0.466 bits per heavy atom. The van der Waals surface area contributed by atoms with Crippen molar-refractivity contribution in [2.45, 2.75) is 129 Å². The molecule has 0 fully saturated rings. The molecule has 4 aromatic rings. The van der Waals surface area contributed by atoms with Gasteiger partial charge in [0, 0.05) is 0 Å². The second kappa shape index (κ2) is 28.3. The summed E-state index contributed by atoms with van der Waals surface area (Å²) in [6, 6.07) is 33.3. The Bertz CT molecular complexity index is 1660. The Labute approximate surface area is 347 Å². The summed E-state index contributed by atoms with van der Waals surface area (Å²) in [6.07, 6.45) is 20.7. The number of amides is 1. The molecule has 0 aliphatic heterocycles. The topological polar surface area (TPSA) is 91.4 Å². The minimum absolute atomic E-state index is 0.0360. The van der Waals surface area contributed by atoms with E-state index in [1.165, 1.54) is 89.9 Å². The van der Waals surface area contributed by atoms with Crippen molar-refractivity contribution in [3.8, 4) is 11.5 Å². The number of esters is 2. The summed E-state index contributed by atoms with van der Waals surface area (Å²) in [7, 11) is 0. The fraction of sp³-hybridized carbons (Fsp3) is 0.460. The van der Waals surface area contributed by atoms with E-state index in [9.17, 15) is 14.4 Å². The van der Waals surface area contributed by atoms with Gasteiger partial charge in [0.15, 0.2) is 0 Å². The molecule has 312 valence electrons. The fourth-order valence-corrected chi connectivity index (χ4v) is 6.72. The van der Waals surface area contributed by atoms with E-state index in [4.69, 9.17) is 18.9 Å². The van der Waals surface area contributed by atoms with Crippen molar-refractivity contribution in [2.24, 2.45) is 0 Å². The van der Waals surface area contributed by atoms with E-state index in [2.05, 4.69) is 6.92 Å². The zero-order valence-corrected chi connectivity index (χ0v) is 34.8. The summed E-state index contributed by atoms with van der Waals surface area (Å²) >= 11 is 0. The first-order chi connectivity index (χ1) is 28.5. The van der Waals surface area contributed by atoms with E-state index in [-0.39, 0.29) is 25.4 Å². The minimum atomic E-state index is -0.657. The maximum atomic E-state index is 14.4. The molecule has 0 atom stereocenters. The van der Waals surface area contributed by atoms with Gasteiger partial charge in [-0.25, -0.2) is 0 Å². The number of nitrogens with zero attached hydrogens (tertiary/aromatic N) is 1. The quantitative estimate of drug-likeness (QED) is 0.0383. The van der Waals surface area contributed by atoms with Gasteiger partial charge >= 0.3 is 11.9 Å². The van der Waals surface area contributed by atoms with Crippen LogP contribution in [0, 0.1) is 0 Å². The largest absolute Gasteiger partial charge is 0.494 e. The molecule has 8 heteroatoms.